The van der Waals surface area contributed by atoms with Crippen molar-refractivity contribution in [3.8, 4) is 5.75 Å². The lowest BCUT2D eigenvalue weighted by molar-refractivity contribution is 0.121. The van der Waals surface area contributed by atoms with Crippen LogP contribution in [0.15, 0.2) is 45.6 Å². The number of hydrogen-bond acceptors (Lipinski definition) is 5. The van der Waals surface area contributed by atoms with Crippen LogP contribution in [-0.4, -0.2) is 43.1 Å². The van der Waals surface area contributed by atoms with E-state index in [0.29, 0.717) is 5.58 Å². The molecule has 0 bridgehead atoms. The summed E-state index contributed by atoms with van der Waals surface area (Å²) < 4.78 is 11.0. The number of benzene rings is 2. The minimum Gasteiger partial charge on any atom is -0.496 e. The lowest BCUT2D eigenvalue weighted by Gasteiger charge is -2.35. The third kappa shape index (κ3) is 4.42. The highest BCUT2D eigenvalue weighted by Gasteiger charge is 2.20. The minimum absolute atomic E-state index is 0.272. The van der Waals surface area contributed by atoms with Crippen LogP contribution in [0.5, 0.6) is 5.75 Å². The first kappa shape index (κ1) is 20.6. The predicted octanol–water partition coefficient (Wildman–Crippen LogP) is 4.04. The molecule has 0 amide bonds. The van der Waals surface area contributed by atoms with Crippen molar-refractivity contribution in [2.24, 2.45) is 0 Å². The minimum atomic E-state index is -0.272. The maximum absolute atomic E-state index is 12.1. The van der Waals surface area contributed by atoms with Crippen molar-refractivity contribution >= 4 is 11.0 Å². The summed E-state index contributed by atoms with van der Waals surface area (Å²) in [6.07, 6.45) is 0. The molecule has 0 N–H and O–H groups in total. The standard InChI is InChI=1S/C25H30N2O3/c1-17-5-6-23(29-4)21(11-17)16-27-9-7-26(8-10-27)15-20-14-25(28)30-24-13-19(3)18(2)12-22(20)24/h5-6,11-14H,7-10,15-16H2,1-4H3. The van der Waals surface area contributed by atoms with Gasteiger partial charge in [0.2, 0.25) is 0 Å². The molecule has 30 heavy (non-hydrogen) atoms. The van der Waals surface area contributed by atoms with Crippen LogP contribution < -0.4 is 10.4 Å². The zero-order valence-corrected chi connectivity index (χ0v) is 18.3. The highest BCUT2D eigenvalue weighted by atomic mass is 16.5. The van der Waals surface area contributed by atoms with Crippen LogP contribution in [0.4, 0.5) is 0 Å². The van der Waals surface area contributed by atoms with Crippen LogP contribution in [0.25, 0.3) is 11.0 Å². The van der Waals surface area contributed by atoms with Crippen molar-refractivity contribution in [2.45, 2.75) is 33.9 Å². The summed E-state index contributed by atoms with van der Waals surface area (Å²) in [5.41, 5.74) is 6.32. The molecular formula is C25H30N2O3. The molecule has 0 saturated carbocycles. The average molecular weight is 407 g/mol. The van der Waals surface area contributed by atoms with Gasteiger partial charge in [-0.05, 0) is 55.7 Å². The number of hydrogen-bond donors (Lipinski definition) is 0. The van der Waals surface area contributed by atoms with E-state index in [1.165, 1.54) is 16.7 Å². The first-order chi connectivity index (χ1) is 14.4. The molecular weight excluding hydrogens is 376 g/mol. The van der Waals surface area contributed by atoms with E-state index < -0.39 is 0 Å². The Morgan fingerprint density at radius 1 is 0.867 bits per heavy atom. The van der Waals surface area contributed by atoms with Gasteiger partial charge in [0.15, 0.2) is 0 Å². The summed E-state index contributed by atoms with van der Waals surface area (Å²) in [5, 5.41) is 1.05. The van der Waals surface area contributed by atoms with Gasteiger partial charge in [0, 0.05) is 56.3 Å². The molecule has 1 aliphatic rings. The first-order valence-corrected chi connectivity index (χ1v) is 10.5. The summed E-state index contributed by atoms with van der Waals surface area (Å²) in [6.45, 7) is 11.9. The Bertz CT molecular complexity index is 1110. The molecule has 0 radical (unpaired) electrons. The third-order valence-electron chi connectivity index (χ3n) is 6.13. The molecule has 3 aromatic rings. The summed E-state index contributed by atoms with van der Waals surface area (Å²) in [6, 6.07) is 12.1. The molecule has 1 aromatic heterocycles. The van der Waals surface area contributed by atoms with Crippen LogP contribution in [0, 0.1) is 20.8 Å². The Kier molecular flexibility index (Phi) is 5.93. The average Bonchev–Trinajstić information content (AvgIpc) is 2.71. The molecule has 0 atom stereocenters. The number of methoxy groups -OCH3 is 1. The highest BCUT2D eigenvalue weighted by molar-refractivity contribution is 5.81. The molecule has 1 aliphatic heterocycles. The SMILES string of the molecule is COc1ccc(C)cc1CN1CCN(Cc2cc(=O)oc3cc(C)c(C)cc23)CC1. The molecule has 2 aromatic carbocycles. The van der Waals surface area contributed by atoms with Gasteiger partial charge >= 0.3 is 5.63 Å². The largest absolute Gasteiger partial charge is 0.496 e. The number of nitrogens with zero attached hydrogens (tertiary/aromatic N) is 2. The van der Waals surface area contributed by atoms with Crippen LogP contribution in [0.2, 0.25) is 0 Å². The van der Waals surface area contributed by atoms with E-state index in [1.54, 1.807) is 13.2 Å². The maximum atomic E-state index is 12.1. The number of aryl methyl sites for hydroxylation is 3. The molecule has 0 spiro atoms. The number of piperazine rings is 1. The summed E-state index contributed by atoms with van der Waals surface area (Å²) in [7, 11) is 1.73. The van der Waals surface area contributed by atoms with E-state index in [2.05, 4.69) is 47.9 Å². The fourth-order valence-corrected chi connectivity index (χ4v) is 4.23. The van der Waals surface area contributed by atoms with Crippen LogP contribution in [0.3, 0.4) is 0 Å². The zero-order chi connectivity index (χ0) is 21.3. The van der Waals surface area contributed by atoms with E-state index in [9.17, 15) is 4.79 Å². The molecule has 4 rings (SSSR count). The van der Waals surface area contributed by atoms with Gasteiger partial charge in [-0.15, -0.1) is 0 Å². The van der Waals surface area contributed by atoms with Gasteiger partial charge in [0.25, 0.3) is 0 Å². The topological polar surface area (TPSA) is 45.9 Å². The van der Waals surface area contributed by atoms with E-state index in [1.807, 2.05) is 13.0 Å². The summed E-state index contributed by atoms with van der Waals surface area (Å²) >= 11 is 0. The number of ether oxygens (including phenoxy) is 1. The van der Waals surface area contributed by atoms with E-state index in [-0.39, 0.29) is 5.63 Å². The van der Waals surface area contributed by atoms with E-state index in [4.69, 9.17) is 9.15 Å². The van der Waals surface area contributed by atoms with Gasteiger partial charge < -0.3 is 9.15 Å². The molecule has 0 unspecified atom stereocenters. The highest BCUT2D eigenvalue weighted by Crippen LogP contribution is 2.24. The van der Waals surface area contributed by atoms with Crippen molar-refractivity contribution in [1.29, 1.82) is 0 Å². The smallest absolute Gasteiger partial charge is 0.336 e. The Hall–Kier alpha value is -2.63. The van der Waals surface area contributed by atoms with Gasteiger partial charge in [-0.25, -0.2) is 4.79 Å². The van der Waals surface area contributed by atoms with Crippen molar-refractivity contribution in [1.82, 2.24) is 9.80 Å². The normalized spacial score (nSPS) is 15.6. The maximum Gasteiger partial charge on any atom is 0.336 e. The van der Waals surface area contributed by atoms with Gasteiger partial charge in [-0.3, -0.25) is 9.80 Å². The molecule has 5 heteroatoms. The van der Waals surface area contributed by atoms with E-state index >= 15 is 0 Å². The first-order valence-electron chi connectivity index (χ1n) is 10.5. The van der Waals surface area contributed by atoms with Gasteiger partial charge in [-0.2, -0.15) is 0 Å². The number of fused-ring (bicyclic) bond motifs is 1. The van der Waals surface area contributed by atoms with Crippen LogP contribution >= 0.6 is 0 Å². The second-order valence-corrected chi connectivity index (χ2v) is 8.39. The fraction of sp³-hybridized carbons (Fsp3) is 0.400. The third-order valence-corrected chi connectivity index (χ3v) is 6.13. The van der Waals surface area contributed by atoms with Crippen LogP contribution in [0.1, 0.15) is 27.8 Å². The van der Waals surface area contributed by atoms with Gasteiger partial charge in [-0.1, -0.05) is 17.7 Å². The Balaban J connectivity index is 1.45. The molecule has 2 heterocycles. The second kappa shape index (κ2) is 8.62. The van der Waals surface area contributed by atoms with E-state index in [0.717, 1.165) is 61.5 Å². The Labute approximate surface area is 177 Å². The lowest BCUT2D eigenvalue weighted by atomic mass is 10.0. The monoisotopic (exact) mass is 406 g/mol. The molecule has 5 nitrogen and oxygen atoms in total. The quantitative estimate of drug-likeness (QED) is 0.599. The van der Waals surface area contributed by atoms with Crippen molar-refractivity contribution in [2.75, 3.05) is 33.3 Å². The number of rotatable bonds is 5. The lowest BCUT2D eigenvalue weighted by Crippen LogP contribution is -2.45. The zero-order valence-electron chi connectivity index (χ0n) is 18.3. The Morgan fingerprint density at radius 2 is 1.50 bits per heavy atom. The summed E-state index contributed by atoms with van der Waals surface area (Å²) in [4.78, 5) is 17.0. The van der Waals surface area contributed by atoms with Crippen molar-refractivity contribution in [3.05, 3.63) is 74.6 Å². The van der Waals surface area contributed by atoms with Gasteiger partial charge in [0.05, 0.1) is 7.11 Å². The Morgan fingerprint density at radius 3 is 2.17 bits per heavy atom. The van der Waals surface area contributed by atoms with Crippen molar-refractivity contribution in [3.63, 3.8) is 0 Å². The van der Waals surface area contributed by atoms with Crippen LogP contribution in [-0.2, 0) is 13.1 Å². The van der Waals surface area contributed by atoms with Gasteiger partial charge in [0.1, 0.15) is 11.3 Å². The molecule has 0 aliphatic carbocycles. The predicted molar refractivity (Wildman–Crippen MR) is 120 cm³/mol. The summed E-state index contributed by atoms with van der Waals surface area (Å²) in [5.74, 6) is 0.955. The molecule has 158 valence electrons. The fourth-order valence-electron chi connectivity index (χ4n) is 4.23. The molecule has 1 fully saturated rings. The second-order valence-electron chi connectivity index (χ2n) is 8.39. The molecule has 1 saturated heterocycles. The van der Waals surface area contributed by atoms with Crippen molar-refractivity contribution < 1.29 is 9.15 Å².